The van der Waals surface area contributed by atoms with Crippen molar-refractivity contribution in [3.63, 3.8) is 0 Å². The first-order valence-electron chi connectivity index (χ1n) is 12.8. The number of pyridine rings is 2. The first-order chi connectivity index (χ1) is 18.3. The monoisotopic (exact) mass is 519 g/mol. The summed E-state index contributed by atoms with van der Waals surface area (Å²) < 4.78 is 5.49. The molecule has 11 nitrogen and oxygen atoms in total. The van der Waals surface area contributed by atoms with Crippen LogP contribution in [0.15, 0.2) is 42.7 Å². The highest BCUT2D eigenvalue weighted by Crippen LogP contribution is 2.32. The molecule has 1 aromatic carbocycles. The van der Waals surface area contributed by atoms with E-state index < -0.39 is 18.0 Å². The van der Waals surface area contributed by atoms with Crippen molar-refractivity contribution in [2.45, 2.75) is 37.8 Å². The number of nitrogens with two attached hydrogens (primary N) is 2. The molecule has 0 aliphatic carbocycles. The maximum Gasteiger partial charge on any atom is 0.404 e. The van der Waals surface area contributed by atoms with Gasteiger partial charge in [-0.2, -0.15) is 0 Å². The SMILES string of the molecule is C[C@H]1CN(c2ccncc2NC(=O)c2nc3cc(C4CCOCC4)ccc3cc2N)C[C@@H](N)[C@H]1NC(=O)O. The van der Waals surface area contributed by atoms with Crippen LogP contribution in [0, 0.1) is 5.92 Å². The van der Waals surface area contributed by atoms with Gasteiger partial charge >= 0.3 is 6.09 Å². The van der Waals surface area contributed by atoms with Crippen molar-refractivity contribution in [2.24, 2.45) is 11.7 Å². The molecule has 3 aromatic rings. The minimum Gasteiger partial charge on any atom is -0.465 e. The maximum atomic E-state index is 13.4. The normalized spacial score (nSPS) is 22.3. The van der Waals surface area contributed by atoms with Gasteiger partial charge in [-0.15, -0.1) is 0 Å². The third kappa shape index (κ3) is 5.34. The molecule has 0 saturated carbocycles. The highest BCUT2D eigenvalue weighted by Gasteiger charge is 2.34. The van der Waals surface area contributed by atoms with Crippen LogP contribution >= 0.6 is 0 Å². The number of anilines is 3. The van der Waals surface area contributed by atoms with Gasteiger partial charge in [0.1, 0.15) is 0 Å². The Balaban J connectivity index is 1.38. The van der Waals surface area contributed by atoms with Gasteiger partial charge in [-0.1, -0.05) is 19.1 Å². The fourth-order valence-electron chi connectivity index (χ4n) is 5.52. The lowest BCUT2D eigenvalue weighted by Gasteiger charge is -2.42. The number of hydrogen-bond donors (Lipinski definition) is 5. The van der Waals surface area contributed by atoms with Crippen molar-refractivity contribution in [3.8, 4) is 0 Å². The lowest BCUT2D eigenvalue weighted by atomic mass is 9.90. The minimum absolute atomic E-state index is 0.0470. The molecule has 200 valence electrons. The number of carboxylic acid groups (broad SMARTS) is 1. The molecule has 38 heavy (non-hydrogen) atoms. The molecular weight excluding hydrogens is 486 g/mol. The van der Waals surface area contributed by atoms with Crippen LogP contribution in [-0.4, -0.2) is 65.5 Å². The lowest BCUT2D eigenvalue weighted by molar-refractivity contribution is 0.0853. The first kappa shape index (κ1) is 25.7. The molecular formula is C27H33N7O4. The Hall–Kier alpha value is -3.96. The highest BCUT2D eigenvalue weighted by molar-refractivity contribution is 6.09. The Morgan fingerprint density at radius 1 is 1.16 bits per heavy atom. The van der Waals surface area contributed by atoms with Gasteiger partial charge in [0.15, 0.2) is 5.69 Å². The van der Waals surface area contributed by atoms with Crippen molar-refractivity contribution in [3.05, 3.63) is 54.0 Å². The lowest BCUT2D eigenvalue weighted by Crippen LogP contribution is -2.61. The molecule has 3 atom stereocenters. The van der Waals surface area contributed by atoms with E-state index in [9.17, 15) is 9.59 Å². The third-order valence-corrected chi connectivity index (χ3v) is 7.47. The number of nitrogens with one attached hydrogen (secondary N) is 2. The number of fused-ring (bicyclic) bond motifs is 1. The zero-order chi connectivity index (χ0) is 26.8. The van der Waals surface area contributed by atoms with Crippen LogP contribution in [-0.2, 0) is 4.74 Å². The van der Waals surface area contributed by atoms with Gasteiger partial charge in [-0.3, -0.25) is 9.78 Å². The van der Waals surface area contributed by atoms with Crippen molar-refractivity contribution in [1.82, 2.24) is 15.3 Å². The fraction of sp³-hybridized carbons (Fsp3) is 0.407. The van der Waals surface area contributed by atoms with Gasteiger partial charge < -0.3 is 36.8 Å². The summed E-state index contributed by atoms with van der Waals surface area (Å²) in [4.78, 5) is 35.4. The summed E-state index contributed by atoms with van der Waals surface area (Å²) in [6, 6.07) is 8.92. The van der Waals surface area contributed by atoms with Crippen molar-refractivity contribution in [2.75, 3.05) is 42.3 Å². The summed E-state index contributed by atoms with van der Waals surface area (Å²) in [6.07, 6.45) is 4.05. The Bertz CT molecular complexity index is 1330. The molecule has 4 heterocycles. The summed E-state index contributed by atoms with van der Waals surface area (Å²) in [7, 11) is 0. The van der Waals surface area contributed by atoms with E-state index >= 15 is 0 Å². The Kier molecular flexibility index (Phi) is 7.30. The van der Waals surface area contributed by atoms with Crippen LogP contribution in [0.25, 0.3) is 10.9 Å². The van der Waals surface area contributed by atoms with E-state index in [1.54, 1.807) is 24.5 Å². The van der Waals surface area contributed by atoms with Crippen LogP contribution < -0.4 is 27.0 Å². The summed E-state index contributed by atoms with van der Waals surface area (Å²) in [6.45, 7) is 4.40. The van der Waals surface area contributed by atoms with Crippen LogP contribution in [0.4, 0.5) is 21.9 Å². The number of benzene rings is 1. The molecule has 11 heteroatoms. The second-order valence-electron chi connectivity index (χ2n) is 10.1. The number of rotatable bonds is 5. The number of hydrogen-bond acceptors (Lipinski definition) is 8. The Morgan fingerprint density at radius 3 is 2.68 bits per heavy atom. The number of carbonyl (C=O) groups is 2. The van der Waals surface area contributed by atoms with E-state index in [1.165, 1.54) is 5.56 Å². The highest BCUT2D eigenvalue weighted by atomic mass is 16.5. The van der Waals surface area contributed by atoms with E-state index in [1.807, 2.05) is 24.0 Å². The van der Waals surface area contributed by atoms with E-state index in [4.69, 9.17) is 21.3 Å². The Labute approximate surface area is 220 Å². The molecule has 7 N–H and O–H groups in total. The summed E-state index contributed by atoms with van der Waals surface area (Å²) in [5.74, 6) is -0.0736. The smallest absolute Gasteiger partial charge is 0.404 e. The molecule has 5 rings (SSSR count). The molecule has 0 radical (unpaired) electrons. The van der Waals surface area contributed by atoms with Crippen LogP contribution in [0.2, 0.25) is 0 Å². The molecule has 0 unspecified atom stereocenters. The van der Waals surface area contributed by atoms with Gasteiger partial charge in [-0.05, 0) is 48.4 Å². The van der Waals surface area contributed by atoms with E-state index in [0.29, 0.717) is 30.2 Å². The van der Waals surface area contributed by atoms with Crippen LogP contribution in [0.3, 0.4) is 0 Å². The predicted molar refractivity (Wildman–Crippen MR) is 145 cm³/mol. The molecule has 2 aliphatic rings. The molecule has 2 fully saturated rings. The maximum absolute atomic E-state index is 13.4. The van der Waals surface area contributed by atoms with Crippen molar-refractivity contribution in [1.29, 1.82) is 0 Å². The minimum atomic E-state index is -1.09. The number of amides is 2. The summed E-state index contributed by atoms with van der Waals surface area (Å²) in [5, 5.41) is 15.5. The second-order valence-corrected chi connectivity index (χ2v) is 10.1. The average Bonchev–Trinajstić information content (AvgIpc) is 2.90. The summed E-state index contributed by atoms with van der Waals surface area (Å²) in [5.41, 5.74) is 16.2. The molecule has 2 saturated heterocycles. The topological polar surface area (TPSA) is 169 Å². The van der Waals surface area contributed by atoms with Crippen LogP contribution in [0.1, 0.15) is 41.7 Å². The number of nitrogen functional groups attached to an aromatic ring is 1. The molecule has 2 aromatic heterocycles. The van der Waals surface area contributed by atoms with Gasteiger partial charge in [-0.25, -0.2) is 9.78 Å². The van der Waals surface area contributed by atoms with Crippen molar-refractivity contribution < 1.29 is 19.4 Å². The Morgan fingerprint density at radius 2 is 1.95 bits per heavy atom. The molecule has 0 bridgehead atoms. The van der Waals surface area contributed by atoms with Crippen molar-refractivity contribution >= 4 is 40.0 Å². The number of ether oxygens (including phenoxy) is 1. The molecule has 0 spiro atoms. The van der Waals surface area contributed by atoms with E-state index in [-0.39, 0.29) is 23.3 Å². The van der Waals surface area contributed by atoms with Gasteiger partial charge in [0.25, 0.3) is 5.91 Å². The number of aromatic nitrogens is 2. The van der Waals surface area contributed by atoms with Gasteiger partial charge in [0, 0.05) is 43.9 Å². The largest absolute Gasteiger partial charge is 0.465 e. The predicted octanol–water partition coefficient (Wildman–Crippen LogP) is 2.78. The third-order valence-electron chi connectivity index (χ3n) is 7.47. The zero-order valence-electron chi connectivity index (χ0n) is 21.3. The average molecular weight is 520 g/mol. The van der Waals surface area contributed by atoms with Gasteiger partial charge in [0.2, 0.25) is 0 Å². The van der Waals surface area contributed by atoms with Crippen LogP contribution in [0.5, 0.6) is 0 Å². The fourth-order valence-corrected chi connectivity index (χ4v) is 5.52. The van der Waals surface area contributed by atoms with Gasteiger partial charge in [0.05, 0.1) is 34.8 Å². The summed E-state index contributed by atoms with van der Waals surface area (Å²) >= 11 is 0. The van der Waals surface area contributed by atoms with E-state index in [2.05, 4.69) is 26.7 Å². The quantitative estimate of drug-likeness (QED) is 0.340. The second kappa shape index (κ2) is 10.8. The molecule has 2 amide bonds. The standard InChI is InChI=1S/C27H33N7O4/c1-15-13-34(14-20(29)24(15)33-27(36)37)23-4-7-30-12-22(23)32-26(35)25-19(28)10-18-3-2-17(11-21(18)31-25)16-5-8-38-9-6-16/h2-4,7,10-12,15-16,20,24,33H,5-6,8-9,13-14,28-29H2,1H3,(H,32,35)(H,36,37)/t15-,20+,24-/m0/s1. The molecule has 2 aliphatic heterocycles. The first-order valence-corrected chi connectivity index (χ1v) is 12.8. The van der Waals surface area contributed by atoms with E-state index in [0.717, 1.165) is 37.1 Å². The number of carbonyl (C=O) groups excluding carboxylic acids is 1. The zero-order valence-corrected chi connectivity index (χ0v) is 21.3. The number of piperidine rings is 1. The number of nitrogens with zero attached hydrogens (tertiary/aromatic N) is 3.